The fourth-order valence-corrected chi connectivity index (χ4v) is 3.21. The normalized spacial score (nSPS) is 17.2. The van der Waals surface area contributed by atoms with Crippen LogP contribution in [0.25, 0.3) is 0 Å². The molecule has 1 saturated heterocycles. The summed E-state index contributed by atoms with van der Waals surface area (Å²) in [5.74, 6) is 1.85. The van der Waals surface area contributed by atoms with Gasteiger partial charge in [0.2, 0.25) is 12.7 Å². The Hall–Kier alpha value is -2.47. The molecule has 0 bridgehead atoms. The van der Waals surface area contributed by atoms with Gasteiger partial charge in [-0.25, -0.2) is 0 Å². The maximum atomic E-state index is 12.3. The fourth-order valence-electron chi connectivity index (χ4n) is 3.21. The van der Waals surface area contributed by atoms with Crippen LogP contribution in [-0.4, -0.2) is 53.7 Å². The number of H-pyrrole nitrogens is 1. The van der Waals surface area contributed by atoms with Crippen molar-refractivity contribution in [1.82, 2.24) is 14.8 Å². The Morgan fingerprint density at radius 1 is 1.04 bits per heavy atom. The molecule has 0 aliphatic carbocycles. The number of carbonyl (C=O) groups is 1. The molecule has 0 saturated carbocycles. The summed E-state index contributed by atoms with van der Waals surface area (Å²) in [5, 5.41) is 0. The van der Waals surface area contributed by atoms with Crippen molar-refractivity contribution >= 4 is 5.91 Å². The van der Waals surface area contributed by atoms with Gasteiger partial charge in [0.1, 0.15) is 0 Å². The van der Waals surface area contributed by atoms with Crippen LogP contribution in [0.1, 0.15) is 11.1 Å². The Labute approximate surface area is 141 Å². The van der Waals surface area contributed by atoms with Gasteiger partial charge >= 0.3 is 0 Å². The number of hydrogen-bond acceptors (Lipinski definition) is 4. The monoisotopic (exact) mass is 327 g/mol. The first-order valence-corrected chi connectivity index (χ1v) is 8.28. The van der Waals surface area contributed by atoms with Gasteiger partial charge in [0.25, 0.3) is 0 Å². The standard InChI is InChI=1S/C18H21N3O3/c22-18(10-14-3-4-19-11-14)21-7-5-20(6-8-21)12-15-1-2-16-17(9-15)24-13-23-16/h1-4,9,11,19H,5-8,10,12-13H2. The van der Waals surface area contributed by atoms with E-state index < -0.39 is 0 Å². The molecule has 1 amide bonds. The zero-order valence-corrected chi connectivity index (χ0v) is 13.5. The third kappa shape index (κ3) is 3.23. The fraction of sp³-hybridized carbons (Fsp3) is 0.389. The summed E-state index contributed by atoms with van der Waals surface area (Å²) in [6, 6.07) is 8.05. The molecule has 6 heteroatoms. The smallest absolute Gasteiger partial charge is 0.231 e. The molecule has 2 aliphatic rings. The molecule has 0 radical (unpaired) electrons. The zero-order valence-electron chi connectivity index (χ0n) is 13.5. The molecule has 3 heterocycles. The number of carbonyl (C=O) groups excluding carboxylic acids is 1. The third-order valence-electron chi connectivity index (χ3n) is 4.59. The molecule has 6 nitrogen and oxygen atoms in total. The predicted molar refractivity (Wildman–Crippen MR) is 88.9 cm³/mol. The summed E-state index contributed by atoms with van der Waals surface area (Å²) in [5.41, 5.74) is 2.26. The molecule has 24 heavy (non-hydrogen) atoms. The van der Waals surface area contributed by atoms with Crippen LogP contribution in [0, 0.1) is 0 Å². The summed E-state index contributed by atoms with van der Waals surface area (Å²) in [7, 11) is 0. The van der Waals surface area contributed by atoms with Crippen LogP contribution in [0.3, 0.4) is 0 Å². The molecular formula is C18H21N3O3. The summed E-state index contributed by atoms with van der Waals surface area (Å²) in [6.45, 7) is 4.54. The van der Waals surface area contributed by atoms with E-state index >= 15 is 0 Å². The van der Waals surface area contributed by atoms with Crippen LogP contribution < -0.4 is 9.47 Å². The number of aromatic amines is 1. The topological polar surface area (TPSA) is 57.8 Å². The lowest BCUT2D eigenvalue weighted by Gasteiger charge is -2.34. The number of nitrogens with one attached hydrogen (secondary N) is 1. The molecule has 126 valence electrons. The Morgan fingerprint density at radius 2 is 1.88 bits per heavy atom. The summed E-state index contributed by atoms with van der Waals surface area (Å²) in [4.78, 5) is 19.6. The van der Waals surface area contributed by atoms with Crippen molar-refractivity contribution in [3.8, 4) is 11.5 Å². The molecule has 2 aromatic rings. The van der Waals surface area contributed by atoms with Crippen molar-refractivity contribution < 1.29 is 14.3 Å². The number of ether oxygens (including phenoxy) is 2. The Balaban J connectivity index is 1.29. The van der Waals surface area contributed by atoms with Gasteiger partial charge in [-0.2, -0.15) is 0 Å². The number of fused-ring (bicyclic) bond motifs is 1. The van der Waals surface area contributed by atoms with E-state index in [1.165, 1.54) is 5.56 Å². The van der Waals surface area contributed by atoms with Crippen LogP contribution in [-0.2, 0) is 17.8 Å². The van der Waals surface area contributed by atoms with E-state index in [-0.39, 0.29) is 5.91 Å². The molecule has 1 N–H and O–H groups in total. The molecule has 4 rings (SSSR count). The van der Waals surface area contributed by atoms with Crippen LogP contribution in [0.5, 0.6) is 11.5 Å². The van der Waals surface area contributed by atoms with Crippen LogP contribution in [0.4, 0.5) is 0 Å². The lowest BCUT2D eigenvalue weighted by molar-refractivity contribution is -0.132. The van der Waals surface area contributed by atoms with Crippen molar-refractivity contribution in [1.29, 1.82) is 0 Å². The molecule has 1 aromatic heterocycles. The first-order chi connectivity index (χ1) is 11.8. The van der Waals surface area contributed by atoms with E-state index in [1.807, 2.05) is 35.5 Å². The van der Waals surface area contributed by atoms with Crippen molar-refractivity contribution in [3.05, 3.63) is 47.8 Å². The van der Waals surface area contributed by atoms with Gasteiger partial charge in [-0.15, -0.1) is 0 Å². The lowest BCUT2D eigenvalue weighted by Crippen LogP contribution is -2.48. The largest absolute Gasteiger partial charge is 0.454 e. The second-order valence-corrected chi connectivity index (χ2v) is 6.24. The molecule has 2 aliphatic heterocycles. The van der Waals surface area contributed by atoms with E-state index in [2.05, 4.69) is 16.0 Å². The number of hydrogen-bond donors (Lipinski definition) is 1. The maximum absolute atomic E-state index is 12.3. The number of aromatic nitrogens is 1. The van der Waals surface area contributed by atoms with E-state index in [0.29, 0.717) is 13.2 Å². The summed E-state index contributed by atoms with van der Waals surface area (Å²) in [6.07, 6.45) is 4.21. The first-order valence-electron chi connectivity index (χ1n) is 8.28. The molecule has 0 atom stereocenters. The first kappa shape index (κ1) is 15.1. The van der Waals surface area contributed by atoms with Gasteiger partial charge in [0.15, 0.2) is 11.5 Å². The second kappa shape index (κ2) is 6.57. The van der Waals surface area contributed by atoms with Gasteiger partial charge in [0, 0.05) is 45.1 Å². The molecule has 0 spiro atoms. The van der Waals surface area contributed by atoms with Crippen molar-refractivity contribution in [2.45, 2.75) is 13.0 Å². The van der Waals surface area contributed by atoms with E-state index in [9.17, 15) is 4.79 Å². The highest BCUT2D eigenvalue weighted by atomic mass is 16.7. The van der Waals surface area contributed by atoms with Gasteiger partial charge in [-0.1, -0.05) is 6.07 Å². The quantitative estimate of drug-likeness (QED) is 0.927. The lowest BCUT2D eigenvalue weighted by atomic mass is 10.1. The van der Waals surface area contributed by atoms with Crippen LogP contribution in [0.15, 0.2) is 36.7 Å². The maximum Gasteiger partial charge on any atom is 0.231 e. The van der Waals surface area contributed by atoms with Crippen molar-refractivity contribution in [2.24, 2.45) is 0 Å². The molecule has 0 unspecified atom stereocenters. The van der Waals surface area contributed by atoms with Crippen LogP contribution in [0.2, 0.25) is 0 Å². The highest BCUT2D eigenvalue weighted by Gasteiger charge is 2.22. The number of benzene rings is 1. The van der Waals surface area contributed by atoms with Gasteiger partial charge in [0.05, 0.1) is 6.42 Å². The van der Waals surface area contributed by atoms with Crippen molar-refractivity contribution in [2.75, 3.05) is 33.0 Å². The Bertz CT molecular complexity index is 706. The highest BCUT2D eigenvalue weighted by Crippen LogP contribution is 2.32. The van der Waals surface area contributed by atoms with Gasteiger partial charge in [-0.3, -0.25) is 9.69 Å². The molecular weight excluding hydrogens is 306 g/mol. The number of nitrogens with zero attached hydrogens (tertiary/aromatic N) is 2. The van der Waals surface area contributed by atoms with E-state index in [0.717, 1.165) is 49.8 Å². The zero-order chi connectivity index (χ0) is 16.4. The summed E-state index contributed by atoms with van der Waals surface area (Å²) < 4.78 is 10.8. The van der Waals surface area contributed by atoms with Gasteiger partial charge < -0.3 is 19.4 Å². The van der Waals surface area contributed by atoms with Crippen LogP contribution >= 0.6 is 0 Å². The average Bonchev–Trinajstić information content (AvgIpc) is 3.26. The van der Waals surface area contributed by atoms with Crippen molar-refractivity contribution in [3.63, 3.8) is 0 Å². The number of amides is 1. The average molecular weight is 327 g/mol. The highest BCUT2D eigenvalue weighted by molar-refractivity contribution is 5.78. The second-order valence-electron chi connectivity index (χ2n) is 6.24. The number of piperazine rings is 1. The van der Waals surface area contributed by atoms with Gasteiger partial charge in [-0.05, 0) is 29.3 Å². The van der Waals surface area contributed by atoms with E-state index in [1.54, 1.807) is 0 Å². The third-order valence-corrected chi connectivity index (χ3v) is 4.59. The molecule has 1 fully saturated rings. The molecule has 1 aromatic carbocycles. The SMILES string of the molecule is O=C(Cc1cc[nH]c1)N1CCN(Cc2ccc3c(c2)OCO3)CC1. The summed E-state index contributed by atoms with van der Waals surface area (Å²) >= 11 is 0. The Morgan fingerprint density at radius 3 is 2.67 bits per heavy atom. The minimum Gasteiger partial charge on any atom is -0.454 e. The predicted octanol–water partition coefficient (Wildman–Crippen LogP) is 1.63. The Kier molecular flexibility index (Phi) is 4.13. The number of rotatable bonds is 4. The minimum absolute atomic E-state index is 0.206. The van der Waals surface area contributed by atoms with E-state index in [4.69, 9.17) is 9.47 Å². The minimum atomic E-state index is 0.206.